The molecule has 2 aromatic rings. The molecule has 2 aromatic carbocycles. The molecule has 0 aliphatic carbocycles. The molecule has 152 valence electrons. The van der Waals surface area contributed by atoms with Gasteiger partial charge in [-0.3, -0.25) is 0 Å². The maximum Gasteiger partial charge on any atom is 0.243 e. The van der Waals surface area contributed by atoms with Gasteiger partial charge in [0.05, 0.1) is 23.0 Å². The summed E-state index contributed by atoms with van der Waals surface area (Å²) in [4.78, 5) is 0.171. The van der Waals surface area contributed by atoms with Crippen molar-refractivity contribution in [3.8, 4) is 16.9 Å². The molecule has 8 heteroatoms. The zero-order valence-corrected chi connectivity index (χ0v) is 17.8. The molecule has 0 aromatic heterocycles. The van der Waals surface area contributed by atoms with Gasteiger partial charge in [-0.15, -0.1) is 0 Å². The number of sulfone groups is 1. The molecule has 0 atom stereocenters. The lowest BCUT2D eigenvalue weighted by molar-refractivity contribution is 0.309. The molecule has 0 saturated carbocycles. The number of hydrogen-bond donors (Lipinski definition) is 0. The van der Waals surface area contributed by atoms with E-state index in [1.54, 1.807) is 31.4 Å². The molecule has 0 amide bonds. The third-order valence-electron chi connectivity index (χ3n) is 4.80. The fourth-order valence-electron chi connectivity index (χ4n) is 3.18. The van der Waals surface area contributed by atoms with Crippen LogP contribution in [0.25, 0.3) is 11.1 Å². The predicted molar refractivity (Wildman–Crippen MR) is 110 cm³/mol. The summed E-state index contributed by atoms with van der Waals surface area (Å²) in [5, 5.41) is -0.608. The van der Waals surface area contributed by atoms with Crippen LogP contribution < -0.4 is 4.74 Å². The Kier molecular flexibility index (Phi) is 5.84. The highest BCUT2D eigenvalue weighted by atomic mass is 32.2. The number of sulfonamides is 1. The third kappa shape index (κ3) is 4.24. The maximum atomic E-state index is 12.8. The summed E-state index contributed by atoms with van der Waals surface area (Å²) < 4.78 is 56.4. The molecule has 1 saturated heterocycles. The van der Waals surface area contributed by atoms with Crippen LogP contribution in [0.3, 0.4) is 0 Å². The van der Waals surface area contributed by atoms with Gasteiger partial charge >= 0.3 is 0 Å². The molecule has 1 heterocycles. The average molecular weight is 424 g/mol. The highest BCUT2D eigenvalue weighted by Gasteiger charge is 2.43. The Morgan fingerprint density at radius 2 is 1.43 bits per heavy atom. The van der Waals surface area contributed by atoms with E-state index < -0.39 is 25.1 Å². The largest absolute Gasteiger partial charge is 0.497 e. The lowest BCUT2D eigenvalue weighted by Gasteiger charge is -2.37. The van der Waals surface area contributed by atoms with Crippen molar-refractivity contribution in [1.82, 2.24) is 4.31 Å². The molecule has 1 aliphatic heterocycles. The minimum Gasteiger partial charge on any atom is -0.497 e. The van der Waals surface area contributed by atoms with E-state index >= 15 is 0 Å². The van der Waals surface area contributed by atoms with E-state index in [2.05, 4.69) is 0 Å². The average Bonchev–Trinajstić information content (AvgIpc) is 2.59. The minimum absolute atomic E-state index is 0.0254. The second-order valence-corrected chi connectivity index (χ2v) is 11.7. The van der Waals surface area contributed by atoms with Crippen LogP contribution in [0, 0.1) is 5.92 Å². The maximum absolute atomic E-state index is 12.8. The number of rotatable bonds is 7. The van der Waals surface area contributed by atoms with Crippen LogP contribution in [-0.2, 0) is 19.9 Å². The molecule has 1 aliphatic rings. The fourth-order valence-corrected chi connectivity index (χ4v) is 6.91. The van der Waals surface area contributed by atoms with E-state index in [1.807, 2.05) is 38.1 Å². The summed E-state index contributed by atoms with van der Waals surface area (Å²) in [6, 6.07) is 14.1. The molecular formula is C20H25NO5S2. The van der Waals surface area contributed by atoms with Gasteiger partial charge in [0.25, 0.3) is 0 Å². The van der Waals surface area contributed by atoms with Crippen molar-refractivity contribution in [3.05, 3.63) is 48.5 Å². The zero-order valence-electron chi connectivity index (χ0n) is 16.2. The highest BCUT2D eigenvalue weighted by molar-refractivity contribution is 7.92. The lowest BCUT2D eigenvalue weighted by Crippen LogP contribution is -2.57. The van der Waals surface area contributed by atoms with Crippen LogP contribution >= 0.6 is 0 Å². The Morgan fingerprint density at radius 1 is 0.929 bits per heavy atom. The van der Waals surface area contributed by atoms with Gasteiger partial charge in [-0.05, 0) is 41.3 Å². The summed E-state index contributed by atoms with van der Waals surface area (Å²) in [6.45, 7) is 3.74. The van der Waals surface area contributed by atoms with Crippen molar-refractivity contribution in [2.75, 3.05) is 26.0 Å². The molecule has 0 spiro atoms. The zero-order chi connectivity index (χ0) is 20.5. The fraction of sp³-hybridized carbons (Fsp3) is 0.400. The monoisotopic (exact) mass is 423 g/mol. The van der Waals surface area contributed by atoms with Gasteiger partial charge in [-0.1, -0.05) is 38.1 Å². The first-order valence-corrected chi connectivity index (χ1v) is 12.3. The summed E-state index contributed by atoms with van der Waals surface area (Å²) >= 11 is 0. The summed E-state index contributed by atoms with van der Waals surface area (Å²) in [5.74, 6) is 0.867. The van der Waals surface area contributed by atoms with E-state index in [0.717, 1.165) is 16.9 Å². The quantitative estimate of drug-likeness (QED) is 0.684. The molecule has 1 fully saturated rings. The molecule has 0 unspecified atom stereocenters. The number of hydrogen-bond acceptors (Lipinski definition) is 5. The van der Waals surface area contributed by atoms with E-state index in [9.17, 15) is 16.8 Å². The van der Waals surface area contributed by atoms with E-state index in [-0.39, 0.29) is 29.7 Å². The first kappa shape index (κ1) is 20.8. The SMILES string of the molecule is COc1ccc(-c2ccc(S(=O)(=O)N3CC(S(=O)(=O)CC(C)C)C3)cc2)cc1. The van der Waals surface area contributed by atoms with Crippen molar-refractivity contribution in [2.24, 2.45) is 5.92 Å². The van der Waals surface area contributed by atoms with Gasteiger partial charge in [-0.25, -0.2) is 16.8 Å². The van der Waals surface area contributed by atoms with Gasteiger partial charge in [-0.2, -0.15) is 4.31 Å². The highest BCUT2D eigenvalue weighted by Crippen LogP contribution is 2.28. The van der Waals surface area contributed by atoms with Crippen LogP contribution in [-0.4, -0.2) is 52.3 Å². The molecule has 0 N–H and O–H groups in total. The molecule has 3 rings (SSSR count). The molecular weight excluding hydrogens is 398 g/mol. The van der Waals surface area contributed by atoms with Gasteiger partial charge in [0.1, 0.15) is 5.75 Å². The standard InChI is InChI=1S/C20H25NO5S2/c1-15(2)14-27(22,23)20-12-21(13-20)28(24,25)19-10-6-17(7-11-19)16-4-8-18(26-3)9-5-16/h4-11,15,20H,12-14H2,1-3H3. The first-order chi connectivity index (χ1) is 13.1. The van der Waals surface area contributed by atoms with Crippen LogP contribution in [0.5, 0.6) is 5.75 Å². The van der Waals surface area contributed by atoms with Crippen LogP contribution in [0.1, 0.15) is 13.8 Å². The third-order valence-corrected chi connectivity index (χ3v) is 9.09. The van der Waals surface area contributed by atoms with Gasteiger partial charge in [0, 0.05) is 13.1 Å². The Morgan fingerprint density at radius 3 is 1.89 bits per heavy atom. The summed E-state index contributed by atoms with van der Waals surface area (Å²) in [6.07, 6.45) is 0. The summed E-state index contributed by atoms with van der Waals surface area (Å²) in [7, 11) is -5.35. The minimum atomic E-state index is -3.68. The first-order valence-electron chi connectivity index (χ1n) is 9.09. The summed E-state index contributed by atoms with van der Waals surface area (Å²) in [5.41, 5.74) is 1.84. The smallest absolute Gasteiger partial charge is 0.243 e. The Bertz CT molecular complexity index is 1020. The Hall–Kier alpha value is -1.90. The molecule has 0 bridgehead atoms. The lowest BCUT2D eigenvalue weighted by atomic mass is 10.1. The number of nitrogens with zero attached hydrogens (tertiary/aromatic N) is 1. The second kappa shape index (κ2) is 7.85. The van der Waals surface area contributed by atoms with Crippen molar-refractivity contribution < 1.29 is 21.6 Å². The number of benzene rings is 2. The molecule has 6 nitrogen and oxygen atoms in total. The number of ether oxygens (including phenoxy) is 1. The Labute approximate surface area is 167 Å². The van der Waals surface area contributed by atoms with E-state index in [0.29, 0.717) is 0 Å². The Balaban J connectivity index is 1.71. The van der Waals surface area contributed by atoms with Crippen molar-refractivity contribution in [1.29, 1.82) is 0 Å². The van der Waals surface area contributed by atoms with Crippen LogP contribution in [0.4, 0.5) is 0 Å². The van der Waals surface area contributed by atoms with Gasteiger partial charge < -0.3 is 4.74 Å². The van der Waals surface area contributed by atoms with Crippen molar-refractivity contribution in [2.45, 2.75) is 24.0 Å². The van der Waals surface area contributed by atoms with Crippen molar-refractivity contribution >= 4 is 19.9 Å². The van der Waals surface area contributed by atoms with Crippen LogP contribution in [0.15, 0.2) is 53.4 Å². The van der Waals surface area contributed by atoms with Crippen molar-refractivity contribution in [3.63, 3.8) is 0 Å². The molecule has 0 radical (unpaired) electrons. The normalized spacial score (nSPS) is 16.1. The molecule has 28 heavy (non-hydrogen) atoms. The van der Waals surface area contributed by atoms with Gasteiger partial charge in [0.2, 0.25) is 10.0 Å². The topological polar surface area (TPSA) is 80.8 Å². The van der Waals surface area contributed by atoms with E-state index in [4.69, 9.17) is 4.74 Å². The van der Waals surface area contributed by atoms with E-state index in [1.165, 1.54) is 4.31 Å². The van der Waals surface area contributed by atoms with Crippen LogP contribution in [0.2, 0.25) is 0 Å². The van der Waals surface area contributed by atoms with Gasteiger partial charge in [0.15, 0.2) is 9.84 Å². The predicted octanol–water partition coefficient (Wildman–Crippen LogP) is 2.81. The number of methoxy groups -OCH3 is 1. The second-order valence-electron chi connectivity index (χ2n) is 7.42.